The molecular formula is C11H10N2OS. The van der Waals surface area contributed by atoms with Gasteiger partial charge in [-0.05, 0) is 24.4 Å². The fraction of sp³-hybridized carbons (Fsp3) is 0.0909. The number of allylic oxidation sites excluding steroid dienone is 1. The summed E-state index contributed by atoms with van der Waals surface area (Å²) in [6, 6.07) is 7.38. The summed E-state index contributed by atoms with van der Waals surface area (Å²) >= 11 is 5.06. The Kier molecular flexibility index (Phi) is 2.51. The Bertz CT molecular complexity index is 624. The molecule has 0 aliphatic heterocycles. The van der Waals surface area contributed by atoms with Gasteiger partial charge in [0.25, 0.3) is 4.84 Å². The number of nitrogens with zero attached hydrogens (tertiary/aromatic N) is 1. The summed E-state index contributed by atoms with van der Waals surface area (Å²) in [5.41, 5.74) is 1.01. The lowest BCUT2D eigenvalue weighted by Gasteiger charge is -2.05. The van der Waals surface area contributed by atoms with Gasteiger partial charge in [-0.15, -0.1) is 6.58 Å². The topological polar surface area (TPSA) is 41.9 Å². The number of hydrogen-bond donors (Lipinski definition) is 1. The molecule has 0 saturated carbocycles. The molecule has 3 nitrogen and oxygen atoms in total. The molecule has 0 fully saturated rings. The number of benzene rings is 1. The van der Waals surface area contributed by atoms with Crippen LogP contribution in [0.15, 0.2) is 41.3 Å². The monoisotopic (exact) mass is 218 g/mol. The fourth-order valence-corrected chi connectivity index (χ4v) is 1.69. The van der Waals surface area contributed by atoms with Gasteiger partial charge in [0.1, 0.15) is 11.1 Å². The SMILES string of the molecule is C=CCn1c(=S)oc2ccccc2c1=N. The molecule has 2 rings (SSSR count). The van der Waals surface area contributed by atoms with Crippen LogP contribution in [0.25, 0.3) is 11.0 Å². The number of hydrogen-bond acceptors (Lipinski definition) is 3. The second-order valence-electron chi connectivity index (χ2n) is 3.11. The van der Waals surface area contributed by atoms with Gasteiger partial charge in [-0.3, -0.25) is 9.98 Å². The highest BCUT2D eigenvalue weighted by Gasteiger charge is 2.02. The fourth-order valence-electron chi connectivity index (χ4n) is 1.43. The third-order valence-corrected chi connectivity index (χ3v) is 2.45. The molecule has 0 radical (unpaired) electrons. The first-order chi connectivity index (χ1) is 7.24. The normalized spacial score (nSPS) is 10.4. The summed E-state index contributed by atoms with van der Waals surface area (Å²) < 4.78 is 7.04. The van der Waals surface area contributed by atoms with Crippen molar-refractivity contribution in [2.75, 3.05) is 0 Å². The van der Waals surface area contributed by atoms with Crippen molar-refractivity contribution < 1.29 is 4.42 Å². The number of nitrogens with one attached hydrogen (secondary N) is 1. The van der Waals surface area contributed by atoms with Crippen LogP contribution < -0.4 is 5.49 Å². The molecule has 1 N–H and O–H groups in total. The Morgan fingerprint density at radius 3 is 2.93 bits per heavy atom. The number of rotatable bonds is 2. The molecular weight excluding hydrogens is 208 g/mol. The van der Waals surface area contributed by atoms with Gasteiger partial charge in [0, 0.05) is 6.54 Å². The van der Waals surface area contributed by atoms with E-state index >= 15 is 0 Å². The Labute approximate surface area is 91.8 Å². The van der Waals surface area contributed by atoms with Crippen molar-refractivity contribution in [3.63, 3.8) is 0 Å². The zero-order chi connectivity index (χ0) is 10.8. The van der Waals surface area contributed by atoms with Crippen molar-refractivity contribution in [3.05, 3.63) is 47.2 Å². The van der Waals surface area contributed by atoms with Crippen molar-refractivity contribution >= 4 is 23.2 Å². The van der Waals surface area contributed by atoms with Crippen LogP contribution in [-0.2, 0) is 6.54 Å². The van der Waals surface area contributed by atoms with E-state index in [1.807, 2.05) is 18.2 Å². The highest BCUT2D eigenvalue weighted by Crippen LogP contribution is 2.09. The predicted molar refractivity (Wildman–Crippen MR) is 61.1 cm³/mol. The molecule has 1 aromatic carbocycles. The van der Waals surface area contributed by atoms with E-state index in [0.717, 1.165) is 5.39 Å². The highest BCUT2D eigenvalue weighted by molar-refractivity contribution is 7.71. The molecule has 4 heteroatoms. The van der Waals surface area contributed by atoms with E-state index in [-0.39, 0.29) is 0 Å². The maximum Gasteiger partial charge on any atom is 0.270 e. The smallest absolute Gasteiger partial charge is 0.270 e. The molecule has 1 heterocycles. The lowest BCUT2D eigenvalue weighted by atomic mass is 10.2. The first-order valence-corrected chi connectivity index (χ1v) is 4.93. The van der Waals surface area contributed by atoms with Crippen LogP contribution in [0.4, 0.5) is 0 Å². The molecule has 1 aromatic heterocycles. The maximum atomic E-state index is 7.97. The van der Waals surface area contributed by atoms with Crippen LogP contribution >= 0.6 is 12.2 Å². The van der Waals surface area contributed by atoms with Crippen molar-refractivity contribution in [3.8, 4) is 0 Å². The van der Waals surface area contributed by atoms with Gasteiger partial charge < -0.3 is 4.42 Å². The lowest BCUT2D eigenvalue weighted by molar-refractivity contribution is 0.498. The molecule has 0 atom stereocenters. The Balaban J connectivity index is 2.90. The van der Waals surface area contributed by atoms with Crippen LogP contribution in [0.1, 0.15) is 0 Å². The molecule has 76 valence electrons. The van der Waals surface area contributed by atoms with E-state index in [4.69, 9.17) is 22.0 Å². The minimum absolute atomic E-state index is 0.304. The molecule has 2 aromatic rings. The van der Waals surface area contributed by atoms with Crippen LogP contribution in [0.3, 0.4) is 0 Å². The third-order valence-electron chi connectivity index (χ3n) is 2.14. The summed E-state index contributed by atoms with van der Waals surface area (Å²) in [7, 11) is 0. The highest BCUT2D eigenvalue weighted by atomic mass is 32.1. The third kappa shape index (κ3) is 1.64. The lowest BCUT2D eigenvalue weighted by Crippen LogP contribution is -2.20. The Morgan fingerprint density at radius 2 is 2.20 bits per heavy atom. The van der Waals surface area contributed by atoms with E-state index in [1.165, 1.54) is 0 Å². The van der Waals surface area contributed by atoms with E-state index in [0.29, 0.717) is 22.5 Å². The van der Waals surface area contributed by atoms with Crippen LogP contribution in [-0.4, -0.2) is 4.57 Å². The summed E-state index contributed by atoms with van der Waals surface area (Å²) in [5.74, 6) is 0. The van der Waals surface area contributed by atoms with Crippen molar-refractivity contribution in [1.82, 2.24) is 4.57 Å². The summed E-state index contributed by atoms with van der Waals surface area (Å²) in [6.07, 6.45) is 1.69. The van der Waals surface area contributed by atoms with Crippen LogP contribution in [0.5, 0.6) is 0 Å². The molecule has 15 heavy (non-hydrogen) atoms. The van der Waals surface area contributed by atoms with Crippen molar-refractivity contribution in [2.24, 2.45) is 0 Å². The minimum Gasteiger partial charge on any atom is -0.431 e. The Morgan fingerprint density at radius 1 is 1.47 bits per heavy atom. The number of aromatic nitrogens is 1. The zero-order valence-electron chi connectivity index (χ0n) is 8.06. The average molecular weight is 218 g/mol. The molecule has 0 aliphatic carbocycles. The van der Waals surface area contributed by atoms with E-state index < -0.39 is 0 Å². The minimum atomic E-state index is 0.304. The van der Waals surface area contributed by atoms with Gasteiger partial charge in [0.15, 0.2) is 0 Å². The van der Waals surface area contributed by atoms with Crippen LogP contribution in [0.2, 0.25) is 0 Å². The van der Waals surface area contributed by atoms with Gasteiger partial charge in [0.2, 0.25) is 0 Å². The van der Waals surface area contributed by atoms with E-state index in [2.05, 4.69) is 6.58 Å². The Hall–Kier alpha value is -1.68. The summed E-state index contributed by atoms with van der Waals surface area (Å²) in [5, 5.41) is 8.73. The van der Waals surface area contributed by atoms with Gasteiger partial charge in [-0.1, -0.05) is 18.2 Å². The summed E-state index contributed by atoms with van der Waals surface area (Å²) in [6.45, 7) is 4.12. The number of para-hydroxylation sites is 1. The summed E-state index contributed by atoms with van der Waals surface area (Å²) in [4.78, 5) is 0.304. The molecule has 0 amide bonds. The quantitative estimate of drug-likeness (QED) is 0.622. The zero-order valence-corrected chi connectivity index (χ0v) is 8.88. The molecule has 0 bridgehead atoms. The predicted octanol–water partition coefficient (Wildman–Crippen LogP) is 2.63. The standard InChI is InChI=1S/C11H10N2OS/c1-2-7-13-10(12)8-5-3-4-6-9(8)14-11(13)15/h2-6,12H,1,7H2. The first kappa shape index (κ1) is 9.86. The van der Waals surface area contributed by atoms with Gasteiger partial charge >= 0.3 is 0 Å². The van der Waals surface area contributed by atoms with E-state index in [1.54, 1.807) is 16.7 Å². The van der Waals surface area contributed by atoms with Gasteiger partial charge in [-0.2, -0.15) is 0 Å². The van der Waals surface area contributed by atoms with Crippen molar-refractivity contribution in [2.45, 2.75) is 6.54 Å². The second kappa shape index (κ2) is 3.82. The van der Waals surface area contributed by atoms with Gasteiger partial charge in [-0.25, -0.2) is 0 Å². The largest absolute Gasteiger partial charge is 0.431 e. The molecule has 0 spiro atoms. The molecule has 0 unspecified atom stereocenters. The molecule has 0 saturated heterocycles. The van der Waals surface area contributed by atoms with E-state index in [9.17, 15) is 0 Å². The van der Waals surface area contributed by atoms with Crippen LogP contribution in [0, 0.1) is 10.2 Å². The number of fused-ring (bicyclic) bond motifs is 1. The van der Waals surface area contributed by atoms with Crippen molar-refractivity contribution in [1.29, 1.82) is 5.41 Å². The van der Waals surface area contributed by atoms with Gasteiger partial charge in [0.05, 0.1) is 5.39 Å². The average Bonchev–Trinajstić information content (AvgIpc) is 2.24. The maximum absolute atomic E-state index is 7.97. The molecule has 0 aliphatic rings. The first-order valence-electron chi connectivity index (χ1n) is 4.52. The second-order valence-corrected chi connectivity index (χ2v) is 3.46.